The highest BCUT2D eigenvalue weighted by atomic mass is 32.2. The third-order valence-electron chi connectivity index (χ3n) is 7.22. The molecule has 0 radical (unpaired) electrons. The van der Waals surface area contributed by atoms with Crippen LogP contribution in [0.5, 0.6) is 11.5 Å². The van der Waals surface area contributed by atoms with E-state index in [9.17, 15) is 9.59 Å². The molecule has 0 fully saturated rings. The molecule has 0 spiro atoms. The number of rotatable bonds is 14. The molecule has 0 saturated carbocycles. The monoisotopic (exact) mass is 667 g/mol. The molecule has 1 unspecified atom stereocenters. The number of quaternary nitrogens is 1. The maximum absolute atomic E-state index is 12.7. The highest BCUT2D eigenvalue weighted by Crippen LogP contribution is 2.46. The van der Waals surface area contributed by atoms with Crippen molar-refractivity contribution in [2.75, 3.05) is 46.3 Å². The van der Waals surface area contributed by atoms with E-state index < -0.39 is 0 Å². The van der Waals surface area contributed by atoms with E-state index in [2.05, 4.69) is 26.2 Å². The van der Waals surface area contributed by atoms with Gasteiger partial charge in [0.15, 0.2) is 0 Å². The van der Waals surface area contributed by atoms with Crippen LogP contribution >= 0.6 is 11.8 Å². The Morgan fingerprint density at radius 1 is 0.702 bits per heavy atom. The van der Waals surface area contributed by atoms with Crippen LogP contribution in [-0.2, 0) is 9.53 Å². The number of likely N-dealkylation sites (N-methyl/N-ethyl adjacent to an activating group) is 1. The second-order valence-electron chi connectivity index (χ2n) is 10.9. The molecule has 1 aliphatic rings. The summed E-state index contributed by atoms with van der Waals surface area (Å²) in [6, 6.07) is 22.6. The molecule has 0 aliphatic carbocycles. The summed E-state index contributed by atoms with van der Waals surface area (Å²) in [5, 5.41) is -0.246. The number of hydrogen-bond acceptors (Lipinski definition) is 7. The SMILES string of the molecule is CC.CC.CC.CN(C)c1ccc(C(=O)Oc2ccc(OCCCCCCCCOC(=O)C3Sc4ccccc4[N+]3(C)C)cc2)cc1. The van der Waals surface area contributed by atoms with Gasteiger partial charge < -0.3 is 19.1 Å². The van der Waals surface area contributed by atoms with Crippen molar-refractivity contribution in [3.05, 3.63) is 78.4 Å². The number of unbranched alkanes of at least 4 members (excludes halogenated alkanes) is 5. The molecule has 1 aliphatic heterocycles. The highest BCUT2D eigenvalue weighted by molar-refractivity contribution is 8.01. The normalized spacial score (nSPS) is 13.6. The summed E-state index contributed by atoms with van der Waals surface area (Å²) >= 11 is 1.60. The van der Waals surface area contributed by atoms with Gasteiger partial charge in [0.05, 0.1) is 37.8 Å². The Morgan fingerprint density at radius 3 is 1.81 bits per heavy atom. The number of benzene rings is 3. The predicted octanol–water partition coefficient (Wildman–Crippen LogP) is 10.0. The fraction of sp³-hybridized carbons (Fsp3) is 0.487. The van der Waals surface area contributed by atoms with Gasteiger partial charge in [-0.3, -0.25) is 4.48 Å². The summed E-state index contributed by atoms with van der Waals surface area (Å²) in [5.74, 6) is 0.727. The van der Waals surface area contributed by atoms with E-state index in [4.69, 9.17) is 14.2 Å². The summed E-state index contributed by atoms with van der Waals surface area (Å²) in [7, 11) is 8.04. The van der Waals surface area contributed by atoms with Gasteiger partial charge >= 0.3 is 11.9 Å². The number of esters is 2. The molecule has 0 N–H and O–H groups in total. The molecule has 0 bridgehead atoms. The number of anilines is 1. The van der Waals surface area contributed by atoms with Crippen LogP contribution in [0.1, 0.15) is 90.4 Å². The molecule has 4 rings (SSSR count). The van der Waals surface area contributed by atoms with Gasteiger partial charge in [0.25, 0.3) is 0 Å². The average molecular weight is 668 g/mol. The lowest BCUT2D eigenvalue weighted by atomic mass is 10.1. The van der Waals surface area contributed by atoms with Crippen molar-refractivity contribution in [1.82, 2.24) is 4.48 Å². The Hall–Kier alpha value is -3.49. The van der Waals surface area contributed by atoms with Crippen molar-refractivity contribution in [2.24, 2.45) is 0 Å². The van der Waals surface area contributed by atoms with Gasteiger partial charge in [-0.1, -0.05) is 79.4 Å². The first-order valence-electron chi connectivity index (χ1n) is 17.2. The Labute approximate surface area is 289 Å². The molecule has 0 amide bonds. The van der Waals surface area contributed by atoms with E-state index >= 15 is 0 Å². The topological polar surface area (TPSA) is 65.1 Å². The Balaban J connectivity index is 0.00000174. The van der Waals surface area contributed by atoms with Gasteiger partial charge in [-0.15, -0.1) is 0 Å². The molecule has 3 aromatic carbocycles. The minimum absolute atomic E-state index is 0.130. The van der Waals surface area contributed by atoms with Gasteiger partial charge in [0, 0.05) is 25.8 Å². The predicted molar refractivity (Wildman–Crippen MR) is 200 cm³/mol. The summed E-state index contributed by atoms with van der Waals surface area (Å²) < 4.78 is 17.5. The molecule has 7 nitrogen and oxygen atoms in total. The number of ether oxygens (including phenoxy) is 3. The zero-order chi connectivity index (χ0) is 35.2. The molecule has 260 valence electrons. The third-order valence-corrected chi connectivity index (χ3v) is 8.76. The summed E-state index contributed by atoms with van der Waals surface area (Å²) in [6.45, 7) is 13.1. The minimum Gasteiger partial charge on any atom is -0.494 e. The van der Waals surface area contributed by atoms with Crippen LogP contribution in [0, 0.1) is 0 Å². The van der Waals surface area contributed by atoms with Gasteiger partial charge in [-0.25, -0.2) is 9.59 Å². The lowest BCUT2D eigenvalue weighted by molar-refractivity contribution is -0.145. The van der Waals surface area contributed by atoms with Crippen molar-refractivity contribution in [3.8, 4) is 11.5 Å². The Bertz CT molecular complexity index is 1290. The maximum atomic E-state index is 12.7. The second-order valence-corrected chi connectivity index (χ2v) is 12.0. The van der Waals surface area contributed by atoms with E-state index in [0.717, 1.165) is 54.9 Å². The average Bonchev–Trinajstić information content (AvgIpc) is 3.39. The summed E-state index contributed by atoms with van der Waals surface area (Å²) in [6.07, 6.45) is 6.23. The summed E-state index contributed by atoms with van der Waals surface area (Å²) in [5.41, 5.74) is 2.70. The number of nitrogens with zero attached hydrogens (tertiary/aromatic N) is 2. The van der Waals surface area contributed by atoms with Crippen LogP contribution in [0.3, 0.4) is 0 Å². The molecule has 1 atom stereocenters. The standard InChI is InChI=1S/C33H41N2O5S.3C2H6/c1-34(2)26-17-15-25(16-18-26)32(36)40-28-21-19-27(20-22-28)38-23-11-7-5-6-8-12-24-39-33(37)31-35(3,4)29-13-9-10-14-30(29)41-31;3*1-2/h9-10,13-22,31H,5-8,11-12,23-24H2,1-4H3;3*1-2H3/q+1;;;. The number of carbonyl (C=O) groups excluding carboxylic acids is 2. The number of para-hydroxylation sites is 1. The minimum atomic E-state index is -0.385. The van der Waals surface area contributed by atoms with Crippen LogP contribution in [0.2, 0.25) is 0 Å². The number of fused-ring (bicyclic) bond motifs is 1. The van der Waals surface area contributed by atoms with Crippen LogP contribution in [0.25, 0.3) is 0 Å². The van der Waals surface area contributed by atoms with E-state index in [0.29, 0.717) is 29.0 Å². The number of carbonyl (C=O) groups is 2. The zero-order valence-electron chi connectivity index (χ0n) is 30.5. The summed E-state index contributed by atoms with van der Waals surface area (Å²) in [4.78, 5) is 28.2. The molecule has 47 heavy (non-hydrogen) atoms. The lowest BCUT2D eigenvalue weighted by Crippen LogP contribution is -2.50. The fourth-order valence-corrected chi connectivity index (χ4v) is 6.10. The van der Waals surface area contributed by atoms with E-state index in [1.165, 1.54) is 5.69 Å². The van der Waals surface area contributed by atoms with E-state index in [1.807, 2.05) is 96.9 Å². The van der Waals surface area contributed by atoms with E-state index in [1.54, 1.807) is 36.0 Å². The number of thioether (sulfide) groups is 1. The first kappa shape index (κ1) is 41.5. The molecule has 8 heteroatoms. The number of hydrogen-bond donors (Lipinski definition) is 0. The largest absolute Gasteiger partial charge is 0.494 e. The maximum Gasteiger partial charge on any atom is 0.377 e. The lowest BCUT2D eigenvalue weighted by Gasteiger charge is -2.29. The van der Waals surface area contributed by atoms with Gasteiger partial charge in [-0.05, 0) is 79.2 Å². The van der Waals surface area contributed by atoms with Crippen molar-refractivity contribution in [2.45, 2.75) is 90.3 Å². The second kappa shape index (κ2) is 22.9. The molecule has 0 aromatic heterocycles. The smallest absolute Gasteiger partial charge is 0.377 e. The van der Waals surface area contributed by atoms with Crippen molar-refractivity contribution < 1.29 is 23.8 Å². The van der Waals surface area contributed by atoms with Crippen molar-refractivity contribution in [1.29, 1.82) is 0 Å². The molecular weight excluding hydrogens is 609 g/mol. The van der Waals surface area contributed by atoms with Crippen LogP contribution < -0.4 is 18.9 Å². The molecule has 3 aromatic rings. The van der Waals surface area contributed by atoms with Gasteiger partial charge in [0.2, 0.25) is 5.37 Å². The van der Waals surface area contributed by atoms with Crippen molar-refractivity contribution >= 4 is 35.1 Å². The zero-order valence-corrected chi connectivity index (χ0v) is 31.3. The van der Waals surface area contributed by atoms with Gasteiger partial charge in [-0.2, -0.15) is 0 Å². The first-order valence-corrected chi connectivity index (χ1v) is 18.1. The quantitative estimate of drug-likeness (QED) is 0.0734. The highest BCUT2D eigenvalue weighted by Gasteiger charge is 2.46. The van der Waals surface area contributed by atoms with Crippen molar-refractivity contribution in [3.63, 3.8) is 0 Å². The third kappa shape index (κ3) is 13.3. The van der Waals surface area contributed by atoms with Crippen LogP contribution in [-0.4, -0.2) is 58.7 Å². The molecule has 0 saturated heterocycles. The Morgan fingerprint density at radius 2 is 1.23 bits per heavy atom. The molecule has 1 heterocycles. The van der Waals surface area contributed by atoms with Gasteiger partial charge in [0.1, 0.15) is 17.2 Å². The molecular formula is C39H59N2O5S+. The fourth-order valence-electron chi connectivity index (χ4n) is 4.73. The van der Waals surface area contributed by atoms with Crippen LogP contribution in [0.15, 0.2) is 77.7 Å². The van der Waals surface area contributed by atoms with E-state index in [-0.39, 0.29) is 17.3 Å². The first-order chi connectivity index (χ1) is 22.8. The van der Waals surface area contributed by atoms with Crippen LogP contribution in [0.4, 0.5) is 11.4 Å². The Kier molecular flexibility index (Phi) is 20.3.